The van der Waals surface area contributed by atoms with Crippen molar-refractivity contribution >= 4 is 16.8 Å². The van der Waals surface area contributed by atoms with Gasteiger partial charge in [-0.05, 0) is 57.0 Å². The molecule has 31 heavy (non-hydrogen) atoms. The second-order valence-electron chi connectivity index (χ2n) is 8.23. The lowest BCUT2D eigenvalue weighted by Gasteiger charge is -2.23. The van der Waals surface area contributed by atoms with E-state index in [9.17, 15) is 9.59 Å². The minimum atomic E-state index is -0.145. The summed E-state index contributed by atoms with van der Waals surface area (Å²) in [4.78, 5) is 34.7. The normalized spacial score (nSPS) is 15.2. The van der Waals surface area contributed by atoms with Crippen LogP contribution in [-0.2, 0) is 17.8 Å². The summed E-state index contributed by atoms with van der Waals surface area (Å²) in [6, 6.07) is 17.9. The number of fused-ring (bicyclic) bond motifs is 1. The molecule has 0 radical (unpaired) electrons. The standard InChI is InChI=1S/C25H30N4O2/c1-20-26-23-13-6-5-12-22(23)25(31)29(20)19-24(30)28-16-8-15-27(17-18-28)14-7-11-21-9-3-2-4-10-21/h2-6,9-10,12-13H,7-8,11,14-19H2,1H3. The molecule has 1 aliphatic heterocycles. The number of para-hydroxylation sites is 1. The van der Waals surface area contributed by atoms with Crippen LogP contribution in [0.5, 0.6) is 0 Å². The van der Waals surface area contributed by atoms with E-state index < -0.39 is 0 Å². The van der Waals surface area contributed by atoms with E-state index in [1.165, 1.54) is 10.1 Å². The van der Waals surface area contributed by atoms with Gasteiger partial charge in [-0.3, -0.25) is 14.2 Å². The third kappa shape index (κ3) is 5.20. The molecule has 1 amide bonds. The van der Waals surface area contributed by atoms with E-state index in [1.807, 2.05) is 29.2 Å². The average molecular weight is 419 g/mol. The first kappa shape index (κ1) is 21.2. The Balaban J connectivity index is 1.34. The summed E-state index contributed by atoms with van der Waals surface area (Å²) in [7, 11) is 0. The molecule has 0 N–H and O–H groups in total. The van der Waals surface area contributed by atoms with Gasteiger partial charge in [0.2, 0.25) is 5.91 Å². The molecule has 1 aliphatic rings. The van der Waals surface area contributed by atoms with Crippen LogP contribution in [0.1, 0.15) is 24.2 Å². The Morgan fingerprint density at radius 2 is 1.74 bits per heavy atom. The summed E-state index contributed by atoms with van der Waals surface area (Å²) in [5, 5.41) is 0.557. The lowest BCUT2D eigenvalue weighted by molar-refractivity contribution is -0.131. The first-order valence-corrected chi connectivity index (χ1v) is 11.1. The molecule has 1 saturated heterocycles. The summed E-state index contributed by atoms with van der Waals surface area (Å²) in [6.07, 6.45) is 3.16. The summed E-state index contributed by atoms with van der Waals surface area (Å²) in [5.41, 5.74) is 1.90. The number of carbonyl (C=O) groups is 1. The monoisotopic (exact) mass is 418 g/mol. The fraction of sp³-hybridized carbons (Fsp3) is 0.400. The molecular formula is C25H30N4O2. The molecule has 4 rings (SSSR count). The third-order valence-corrected chi connectivity index (χ3v) is 6.07. The number of benzene rings is 2. The number of carbonyl (C=O) groups excluding carboxylic acids is 1. The zero-order valence-corrected chi connectivity index (χ0v) is 18.2. The van der Waals surface area contributed by atoms with Crippen LogP contribution in [0.15, 0.2) is 59.4 Å². The van der Waals surface area contributed by atoms with Crippen molar-refractivity contribution in [2.24, 2.45) is 0 Å². The first-order chi connectivity index (χ1) is 15.1. The molecule has 3 aromatic rings. The lowest BCUT2D eigenvalue weighted by Crippen LogP contribution is -2.39. The molecule has 0 bridgehead atoms. The maximum absolute atomic E-state index is 13.0. The minimum absolute atomic E-state index is 0.00610. The predicted molar refractivity (Wildman–Crippen MR) is 123 cm³/mol. The number of hydrogen-bond donors (Lipinski definition) is 0. The SMILES string of the molecule is Cc1nc2ccccc2c(=O)n1CC(=O)N1CCCN(CCCc2ccccc2)CC1. The van der Waals surface area contributed by atoms with Gasteiger partial charge in [0.05, 0.1) is 10.9 Å². The van der Waals surface area contributed by atoms with Crippen LogP contribution in [0.25, 0.3) is 10.9 Å². The quantitative estimate of drug-likeness (QED) is 0.618. The van der Waals surface area contributed by atoms with E-state index in [2.05, 4.69) is 34.1 Å². The highest BCUT2D eigenvalue weighted by atomic mass is 16.2. The van der Waals surface area contributed by atoms with Crippen LogP contribution in [0.4, 0.5) is 0 Å². The zero-order chi connectivity index (χ0) is 21.6. The predicted octanol–water partition coefficient (Wildman–Crippen LogP) is 2.87. The van der Waals surface area contributed by atoms with Crippen LogP contribution >= 0.6 is 0 Å². The van der Waals surface area contributed by atoms with Crippen molar-refractivity contribution in [1.29, 1.82) is 0 Å². The summed E-state index contributed by atoms with van der Waals surface area (Å²) in [5.74, 6) is 0.572. The van der Waals surface area contributed by atoms with Gasteiger partial charge in [0.15, 0.2) is 0 Å². The Kier molecular flexibility index (Phi) is 6.77. The van der Waals surface area contributed by atoms with E-state index in [0.29, 0.717) is 23.3 Å². The van der Waals surface area contributed by atoms with E-state index in [1.54, 1.807) is 13.0 Å². The molecule has 0 atom stereocenters. The Morgan fingerprint density at radius 3 is 2.58 bits per heavy atom. The van der Waals surface area contributed by atoms with Crippen LogP contribution in [0, 0.1) is 6.92 Å². The number of nitrogens with zero attached hydrogens (tertiary/aromatic N) is 4. The Hall–Kier alpha value is -2.99. The van der Waals surface area contributed by atoms with Crippen molar-refractivity contribution in [3.63, 3.8) is 0 Å². The van der Waals surface area contributed by atoms with Crippen molar-refractivity contribution in [2.75, 3.05) is 32.7 Å². The van der Waals surface area contributed by atoms with E-state index in [4.69, 9.17) is 0 Å². The molecule has 0 saturated carbocycles. The molecule has 0 spiro atoms. The molecule has 2 aromatic carbocycles. The molecule has 1 fully saturated rings. The number of hydrogen-bond acceptors (Lipinski definition) is 4. The van der Waals surface area contributed by atoms with Crippen LogP contribution in [0.2, 0.25) is 0 Å². The Labute approximate surface area is 183 Å². The van der Waals surface area contributed by atoms with Crippen molar-refractivity contribution in [3.05, 3.63) is 76.3 Å². The topological polar surface area (TPSA) is 58.4 Å². The number of rotatable bonds is 6. The van der Waals surface area contributed by atoms with Gasteiger partial charge in [-0.2, -0.15) is 0 Å². The van der Waals surface area contributed by atoms with Crippen LogP contribution < -0.4 is 5.56 Å². The van der Waals surface area contributed by atoms with Gasteiger partial charge in [0, 0.05) is 19.6 Å². The van der Waals surface area contributed by atoms with Gasteiger partial charge in [0.25, 0.3) is 5.56 Å². The molecule has 162 valence electrons. The molecule has 1 aromatic heterocycles. The number of aromatic nitrogens is 2. The molecule has 2 heterocycles. The molecule has 0 aliphatic carbocycles. The molecular weight excluding hydrogens is 388 g/mol. The highest BCUT2D eigenvalue weighted by molar-refractivity contribution is 5.79. The van der Waals surface area contributed by atoms with Gasteiger partial charge in [-0.15, -0.1) is 0 Å². The minimum Gasteiger partial charge on any atom is -0.340 e. The Bertz CT molecular complexity index is 1090. The van der Waals surface area contributed by atoms with Gasteiger partial charge in [-0.1, -0.05) is 42.5 Å². The van der Waals surface area contributed by atoms with Gasteiger partial charge < -0.3 is 9.80 Å². The molecule has 6 nitrogen and oxygen atoms in total. The second-order valence-corrected chi connectivity index (χ2v) is 8.23. The van der Waals surface area contributed by atoms with E-state index in [0.717, 1.165) is 45.4 Å². The van der Waals surface area contributed by atoms with Crippen LogP contribution in [0.3, 0.4) is 0 Å². The van der Waals surface area contributed by atoms with E-state index >= 15 is 0 Å². The number of amides is 1. The van der Waals surface area contributed by atoms with Crippen molar-refractivity contribution < 1.29 is 4.79 Å². The smallest absolute Gasteiger partial charge is 0.261 e. The van der Waals surface area contributed by atoms with Crippen molar-refractivity contribution in [3.8, 4) is 0 Å². The first-order valence-electron chi connectivity index (χ1n) is 11.1. The van der Waals surface area contributed by atoms with Crippen molar-refractivity contribution in [2.45, 2.75) is 32.7 Å². The van der Waals surface area contributed by atoms with Gasteiger partial charge in [-0.25, -0.2) is 4.98 Å². The zero-order valence-electron chi connectivity index (χ0n) is 18.2. The number of aryl methyl sites for hydroxylation is 2. The van der Waals surface area contributed by atoms with Gasteiger partial charge in [0.1, 0.15) is 12.4 Å². The maximum Gasteiger partial charge on any atom is 0.261 e. The van der Waals surface area contributed by atoms with Crippen molar-refractivity contribution in [1.82, 2.24) is 19.4 Å². The third-order valence-electron chi connectivity index (χ3n) is 6.07. The summed E-state index contributed by atoms with van der Waals surface area (Å²) < 4.78 is 1.51. The highest BCUT2D eigenvalue weighted by Crippen LogP contribution is 2.10. The maximum atomic E-state index is 13.0. The summed E-state index contributed by atoms with van der Waals surface area (Å²) in [6.45, 7) is 6.22. The van der Waals surface area contributed by atoms with Gasteiger partial charge >= 0.3 is 0 Å². The largest absolute Gasteiger partial charge is 0.340 e. The van der Waals surface area contributed by atoms with Crippen LogP contribution in [-0.4, -0.2) is 58.0 Å². The molecule has 0 unspecified atom stereocenters. The fourth-order valence-corrected chi connectivity index (χ4v) is 4.30. The fourth-order valence-electron chi connectivity index (χ4n) is 4.30. The van der Waals surface area contributed by atoms with E-state index in [-0.39, 0.29) is 18.0 Å². The Morgan fingerprint density at radius 1 is 0.968 bits per heavy atom. The molecule has 6 heteroatoms. The second kappa shape index (κ2) is 9.88. The highest BCUT2D eigenvalue weighted by Gasteiger charge is 2.20. The summed E-state index contributed by atoms with van der Waals surface area (Å²) >= 11 is 0. The lowest BCUT2D eigenvalue weighted by atomic mass is 10.1. The average Bonchev–Trinajstić information content (AvgIpc) is 3.03.